The molecule has 1 aliphatic heterocycles. The molecule has 1 aliphatic rings. The third-order valence-electron chi connectivity index (χ3n) is 3.24. The molecule has 6 heteroatoms. The highest BCUT2D eigenvalue weighted by molar-refractivity contribution is 7.09. The Balaban J connectivity index is 1.69. The van der Waals surface area contributed by atoms with Gasteiger partial charge in [-0.15, -0.1) is 11.3 Å². The molecular formula is C13H23N3O2S. The first-order valence-corrected chi connectivity index (χ1v) is 7.66. The fourth-order valence-corrected chi connectivity index (χ4v) is 2.95. The van der Waals surface area contributed by atoms with E-state index in [4.69, 9.17) is 4.74 Å². The van der Waals surface area contributed by atoms with Crippen LogP contribution in [0.25, 0.3) is 0 Å². The van der Waals surface area contributed by atoms with Crippen molar-refractivity contribution < 1.29 is 9.84 Å². The first-order chi connectivity index (χ1) is 9.15. The summed E-state index contributed by atoms with van der Waals surface area (Å²) in [6.07, 6.45) is -0.346. The summed E-state index contributed by atoms with van der Waals surface area (Å²) in [6, 6.07) is 0.193. The van der Waals surface area contributed by atoms with Gasteiger partial charge in [0.1, 0.15) is 5.01 Å². The number of nitrogens with one attached hydrogen (secondary N) is 1. The van der Waals surface area contributed by atoms with Crippen molar-refractivity contribution in [2.45, 2.75) is 26.0 Å². The maximum Gasteiger partial charge on any atom is 0.110 e. The minimum Gasteiger partial charge on any atom is -0.390 e. The highest BCUT2D eigenvalue weighted by Crippen LogP contribution is 2.17. The Morgan fingerprint density at radius 1 is 1.53 bits per heavy atom. The molecule has 2 heterocycles. The lowest BCUT2D eigenvalue weighted by atomic mass is 10.2. The number of rotatable bonds is 6. The van der Waals surface area contributed by atoms with Crippen LogP contribution in [-0.4, -0.2) is 60.5 Å². The van der Waals surface area contributed by atoms with E-state index in [1.807, 2.05) is 6.92 Å². The van der Waals surface area contributed by atoms with Crippen LogP contribution >= 0.6 is 11.3 Å². The van der Waals surface area contributed by atoms with Gasteiger partial charge in [-0.25, -0.2) is 4.98 Å². The lowest BCUT2D eigenvalue weighted by Gasteiger charge is -2.28. The number of aryl methyl sites for hydroxylation is 1. The molecule has 0 saturated carbocycles. The average Bonchev–Trinajstić information content (AvgIpc) is 2.84. The number of hydrogen-bond donors (Lipinski definition) is 2. The smallest absolute Gasteiger partial charge is 0.110 e. The van der Waals surface area contributed by atoms with Gasteiger partial charge in [-0.05, 0) is 13.8 Å². The third-order valence-corrected chi connectivity index (χ3v) is 4.38. The van der Waals surface area contributed by atoms with Crippen LogP contribution in [0.5, 0.6) is 0 Å². The van der Waals surface area contributed by atoms with Crippen LogP contribution in [0, 0.1) is 6.92 Å². The lowest BCUT2D eigenvalue weighted by molar-refractivity contribution is 0.0145. The van der Waals surface area contributed by atoms with Gasteiger partial charge in [0, 0.05) is 37.3 Å². The van der Waals surface area contributed by atoms with Crippen molar-refractivity contribution >= 4 is 11.3 Å². The molecule has 0 radical (unpaired) electrons. The van der Waals surface area contributed by atoms with Crippen LogP contribution in [0.2, 0.25) is 0 Å². The predicted octanol–water partition coefficient (Wildman–Crippen LogP) is 0.795. The molecule has 108 valence electrons. The van der Waals surface area contributed by atoms with Crippen LogP contribution in [0.3, 0.4) is 0 Å². The second-order valence-corrected chi connectivity index (χ2v) is 5.91. The molecule has 19 heavy (non-hydrogen) atoms. The summed E-state index contributed by atoms with van der Waals surface area (Å²) >= 11 is 1.66. The molecule has 0 aromatic carbocycles. The monoisotopic (exact) mass is 285 g/mol. The zero-order valence-electron chi connectivity index (χ0n) is 11.6. The molecule has 5 nitrogen and oxygen atoms in total. The summed E-state index contributed by atoms with van der Waals surface area (Å²) in [5, 5.41) is 16.5. The van der Waals surface area contributed by atoms with Crippen molar-refractivity contribution in [3.05, 3.63) is 16.1 Å². The van der Waals surface area contributed by atoms with E-state index in [0.29, 0.717) is 13.1 Å². The number of morpholine rings is 1. The number of ether oxygens (including phenoxy) is 1. The Morgan fingerprint density at radius 2 is 2.26 bits per heavy atom. The average molecular weight is 285 g/mol. The number of β-amino-alcohol motifs (C(OH)–C–C–N with tert-alkyl or cyclic N) is 1. The highest BCUT2D eigenvalue weighted by Gasteiger charge is 2.16. The summed E-state index contributed by atoms with van der Waals surface area (Å²) in [5.41, 5.74) is 1.06. The number of aliphatic hydroxyl groups is 1. The minimum atomic E-state index is -0.346. The van der Waals surface area contributed by atoms with Gasteiger partial charge in [-0.2, -0.15) is 0 Å². The Kier molecular flexibility index (Phi) is 5.72. The standard InChI is InChI=1S/C13H23N3O2S/c1-10-9-19-13(15-10)11(2)14-7-12(17)8-16-3-5-18-6-4-16/h9,11-12,14,17H,3-8H2,1-2H3. The minimum absolute atomic E-state index is 0.193. The van der Waals surface area contributed by atoms with E-state index >= 15 is 0 Å². The van der Waals surface area contributed by atoms with Crippen LogP contribution in [-0.2, 0) is 4.74 Å². The van der Waals surface area contributed by atoms with E-state index in [9.17, 15) is 5.11 Å². The maximum absolute atomic E-state index is 10.0. The van der Waals surface area contributed by atoms with Crippen molar-refractivity contribution in [1.82, 2.24) is 15.2 Å². The molecule has 0 bridgehead atoms. The van der Waals surface area contributed by atoms with Gasteiger partial charge >= 0.3 is 0 Å². The topological polar surface area (TPSA) is 57.6 Å². The van der Waals surface area contributed by atoms with E-state index in [2.05, 4.69) is 27.5 Å². The first-order valence-electron chi connectivity index (χ1n) is 6.78. The number of aromatic nitrogens is 1. The fraction of sp³-hybridized carbons (Fsp3) is 0.769. The van der Waals surface area contributed by atoms with Gasteiger partial charge in [0.05, 0.1) is 25.4 Å². The number of nitrogens with zero attached hydrogens (tertiary/aromatic N) is 2. The summed E-state index contributed by atoms with van der Waals surface area (Å²) in [7, 11) is 0. The largest absolute Gasteiger partial charge is 0.390 e. The van der Waals surface area contributed by atoms with E-state index < -0.39 is 0 Å². The second-order valence-electron chi connectivity index (χ2n) is 5.02. The van der Waals surface area contributed by atoms with E-state index in [1.165, 1.54) is 0 Å². The third kappa shape index (κ3) is 4.81. The Morgan fingerprint density at radius 3 is 2.89 bits per heavy atom. The molecule has 2 N–H and O–H groups in total. The predicted molar refractivity (Wildman–Crippen MR) is 76.5 cm³/mol. The van der Waals surface area contributed by atoms with Crippen LogP contribution in [0.1, 0.15) is 23.7 Å². The summed E-state index contributed by atoms with van der Waals surface area (Å²) < 4.78 is 5.29. The van der Waals surface area contributed by atoms with Gasteiger partial charge in [0.15, 0.2) is 0 Å². The zero-order valence-corrected chi connectivity index (χ0v) is 12.4. The molecule has 0 aliphatic carbocycles. The van der Waals surface area contributed by atoms with Gasteiger partial charge in [-0.3, -0.25) is 4.90 Å². The molecule has 2 rings (SSSR count). The molecule has 2 unspecified atom stereocenters. The summed E-state index contributed by atoms with van der Waals surface area (Å²) in [5.74, 6) is 0. The SMILES string of the molecule is Cc1csc(C(C)NCC(O)CN2CCOCC2)n1. The van der Waals surface area contributed by atoms with Gasteiger partial charge in [0.2, 0.25) is 0 Å². The quantitative estimate of drug-likeness (QED) is 0.809. The number of hydrogen-bond acceptors (Lipinski definition) is 6. The molecule has 1 saturated heterocycles. The highest BCUT2D eigenvalue weighted by atomic mass is 32.1. The van der Waals surface area contributed by atoms with Gasteiger partial charge in [0.25, 0.3) is 0 Å². The second kappa shape index (κ2) is 7.31. The molecule has 2 atom stereocenters. The molecular weight excluding hydrogens is 262 g/mol. The normalized spacial score (nSPS) is 20.4. The van der Waals surface area contributed by atoms with E-state index in [-0.39, 0.29) is 12.1 Å². The van der Waals surface area contributed by atoms with Crippen molar-refractivity contribution in [1.29, 1.82) is 0 Å². The van der Waals surface area contributed by atoms with Gasteiger partial charge in [-0.1, -0.05) is 0 Å². The molecule has 1 aromatic rings. The van der Waals surface area contributed by atoms with Crippen molar-refractivity contribution in [3.63, 3.8) is 0 Å². The zero-order chi connectivity index (χ0) is 13.7. The summed E-state index contributed by atoms with van der Waals surface area (Å²) in [6.45, 7) is 8.76. The van der Waals surface area contributed by atoms with Crippen molar-refractivity contribution in [3.8, 4) is 0 Å². The Hall–Kier alpha value is -0.530. The van der Waals surface area contributed by atoms with Crippen molar-refractivity contribution in [2.24, 2.45) is 0 Å². The fourth-order valence-electron chi connectivity index (χ4n) is 2.12. The van der Waals surface area contributed by atoms with Crippen LogP contribution in [0.4, 0.5) is 0 Å². The summed E-state index contributed by atoms with van der Waals surface area (Å²) in [4.78, 5) is 6.70. The molecule has 0 spiro atoms. The van der Waals surface area contributed by atoms with Crippen LogP contribution < -0.4 is 5.32 Å². The van der Waals surface area contributed by atoms with E-state index in [0.717, 1.165) is 37.0 Å². The lowest BCUT2D eigenvalue weighted by Crippen LogP contribution is -2.44. The first kappa shape index (κ1) is 14.9. The Labute approximate surface area is 118 Å². The molecule has 1 fully saturated rings. The number of aliphatic hydroxyl groups excluding tert-OH is 1. The molecule has 0 amide bonds. The van der Waals surface area contributed by atoms with Crippen molar-refractivity contribution in [2.75, 3.05) is 39.4 Å². The molecule has 1 aromatic heterocycles. The maximum atomic E-state index is 10.0. The van der Waals surface area contributed by atoms with Crippen LogP contribution in [0.15, 0.2) is 5.38 Å². The van der Waals surface area contributed by atoms with E-state index in [1.54, 1.807) is 11.3 Å². The number of thiazole rings is 1. The van der Waals surface area contributed by atoms with Gasteiger partial charge < -0.3 is 15.2 Å². The Bertz CT molecular complexity index is 380.